The maximum Gasteiger partial charge on any atom is 0.237 e. The van der Waals surface area contributed by atoms with Crippen molar-refractivity contribution in [2.75, 3.05) is 50.6 Å². The molecule has 1 unspecified atom stereocenters. The van der Waals surface area contributed by atoms with Crippen molar-refractivity contribution in [3.8, 4) is 6.07 Å². The second-order valence-corrected chi connectivity index (χ2v) is 7.33. The summed E-state index contributed by atoms with van der Waals surface area (Å²) >= 11 is 0. The minimum atomic E-state index is 0.122. The molecule has 7 nitrogen and oxygen atoms in total. The van der Waals surface area contributed by atoms with E-state index in [9.17, 15) is 5.26 Å². The predicted molar refractivity (Wildman–Crippen MR) is 112 cm³/mol. The van der Waals surface area contributed by atoms with Gasteiger partial charge in [0.2, 0.25) is 11.6 Å². The third kappa shape index (κ3) is 5.45. The largest absolute Gasteiger partial charge is 0.396 e. The molecular weight excluding hydrogens is 366 g/mol. The Balaban J connectivity index is 1.87. The summed E-state index contributed by atoms with van der Waals surface area (Å²) in [6, 6.07) is 12.9. The Bertz CT molecular complexity index is 835. The van der Waals surface area contributed by atoms with E-state index in [2.05, 4.69) is 46.0 Å². The molecule has 0 fully saturated rings. The lowest BCUT2D eigenvalue weighted by Gasteiger charge is -2.27. The number of pyridine rings is 1. The number of aromatic amines is 1. The number of hydrogen-bond acceptors (Lipinski definition) is 5. The van der Waals surface area contributed by atoms with Gasteiger partial charge in [-0.2, -0.15) is 5.26 Å². The van der Waals surface area contributed by atoms with Gasteiger partial charge in [-0.1, -0.05) is 30.3 Å². The third-order valence-corrected chi connectivity index (χ3v) is 5.28. The number of methoxy groups -OCH3 is 1. The van der Waals surface area contributed by atoms with E-state index in [1.54, 1.807) is 7.11 Å². The molecule has 3 rings (SSSR count). The van der Waals surface area contributed by atoms with Gasteiger partial charge in [0.05, 0.1) is 31.8 Å². The lowest BCUT2D eigenvalue weighted by Crippen LogP contribution is -3.10. The summed E-state index contributed by atoms with van der Waals surface area (Å²) in [5, 5.41) is 25.6. The van der Waals surface area contributed by atoms with Crippen LogP contribution in [0, 0.1) is 11.3 Å². The third-order valence-electron chi connectivity index (χ3n) is 5.28. The summed E-state index contributed by atoms with van der Waals surface area (Å²) in [5.74, 6) is 1.68. The van der Waals surface area contributed by atoms with Crippen molar-refractivity contribution in [1.82, 2.24) is 0 Å². The van der Waals surface area contributed by atoms with Gasteiger partial charge < -0.3 is 25.4 Å². The van der Waals surface area contributed by atoms with Crippen molar-refractivity contribution in [1.29, 1.82) is 5.26 Å². The van der Waals surface area contributed by atoms with Crippen LogP contribution in [0.25, 0.3) is 0 Å². The number of anilines is 2. The summed E-state index contributed by atoms with van der Waals surface area (Å²) in [6.07, 6.45) is 1.50. The highest BCUT2D eigenvalue weighted by Gasteiger charge is 2.30. The number of hydrogen-bond donors (Lipinski definition) is 4. The second-order valence-electron chi connectivity index (χ2n) is 7.33. The number of aliphatic hydroxyl groups excluding tert-OH is 1. The van der Waals surface area contributed by atoms with Crippen LogP contribution in [-0.2, 0) is 24.2 Å². The van der Waals surface area contributed by atoms with Gasteiger partial charge in [0.1, 0.15) is 24.7 Å². The molecule has 1 aromatic heterocycles. The average molecular weight is 398 g/mol. The van der Waals surface area contributed by atoms with Gasteiger partial charge in [-0.05, 0) is 5.56 Å². The van der Waals surface area contributed by atoms with Crippen LogP contribution in [0.5, 0.6) is 0 Å². The molecule has 154 valence electrons. The van der Waals surface area contributed by atoms with Gasteiger partial charge in [0.25, 0.3) is 0 Å². The number of H-pyrrole nitrogens is 1. The Morgan fingerprint density at radius 2 is 1.97 bits per heavy atom. The molecule has 0 aliphatic carbocycles. The zero-order chi connectivity index (χ0) is 20.5. The number of nitriles is 1. The second kappa shape index (κ2) is 10.8. The number of nitrogens with zero attached hydrogens (tertiary/aromatic N) is 1. The number of ether oxygens (including phenoxy) is 1. The van der Waals surface area contributed by atoms with Crippen LogP contribution in [0.15, 0.2) is 30.3 Å². The van der Waals surface area contributed by atoms with Crippen molar-refractivity contribution in [3.05, 3.63) is 52.6 Å². The zero-order valence-corrected chi connectivity index (χ0v) is 17.1. The molecule has 0 amide bonds. The minimum Gasteiger partial charge on any atom is -0.396 e. The number of rotatable bonds is 10. The van der Waals surface area contributed by atoms with Gasteiger partial charge in [-0.25, -0.2) is 4.98 Å². The molecule has 0 radical (unpaired) electrons. The fourth-order valence-electron chi connectivity index (χ4n) is 3.84. The quantitative estimate of drug-likeness (QED) is 0.435. The van der Waals surface area contributed by atoms with E-state index in [4.69, 9.17) is 9.84 Å². The highest BCUT2D eigenvalue weighted by atomic mass is 16.5. The highest BCUT2D eigenvalue weighted by Crippen LogP contribution is 2.25. The Hall–Kier alpha value is -2.66. The van der Waals surface area contributed by atoms with Gasteiger partial charge >= 0.3 is 0 Å². The van der Waals surface area contributed by atoms with Crippen LogP contribution in [-0.4, -0.2) is 45.1 Å². The first-order chi connectivity index (χ1) is 14.3. The van der Waals surface area contributed by atoms with E-state index in [0.717, 1.165) is 43.3 Å². The molecular formula is C22H31N5O2+2. The molecule has 1 aliphatic rings. The summed E-state index contributed by atoms with van der Waals surface area (Å²) < 4.78 is 5.18. The number of quaternary nitrogens is 1. The zero-order valence-electron chi connectivity index (χ0n) is 17.1. The Morgan fingerprint density at radius 1 is 1.17 bits per heavy atom. The van der Waals surface area contributed by atoms with E-state index >= 15 is 0 Å². The van der Waals surface area contributed by atoms with Crippen LogP contribution >= 0.6 is 0 Å². The first-order valence-electron chi connectivity index (χ1n) is 10.2. The van der Waals surface area contributed by atoms with Crippen LogP contribution < -0.4 is 20.5 Å². The smallest absolute Gasteiger partial charge is 0.237 e. The average Bonchev–Trinajstić information content (AvgIpc) is 2.75. The van der Waals surface area contributed by atoms with E-state index in [1.807, 2.05) is 6.07 Å². The van der Waals surface area contributed by atoms with Crippen LogP contribution in [0.2, 0.25) is 0 Å². The summed E-state index contributed by atoms with van der Waals surface area (Å²) in [4.78, 5) is 4.88. The molecule has 0 saturated heterocycles. The van der Waals surface area contributed by atoms with Crippen molar-refractivity contribution in [2.45, 2.75) is 25.9 Å². The summed E-state index contributed by atoms with van der Waals surface area (Å²) in [7, 11) is 1.69. The monoisotopic (exact) mass is 397 g/mol. The van der Waals surface area contributed by atoms with Crippen LogP contribution in [0.1, 0.15) is 28.7 Å². The summed E-state index contributed by atoms with van der Waals surface area (Å²) in [5.41, 5.74) is 4.32. The first kappa shape index (κ1) is 21.1. The van der Waals surface area contributed by atoms with E-state index < -0.39 is 0 Å². The molecule has 1 aliphatic heterocycles. The number of aliphatic hydroxyl groups is 1. The van der Waals surface area contributed by atoms with Crippen molar-refractivity contribution in [3.63, 3.8) is 0 Å². The summed E-state index contributed by atoms with van der Waals surface area (Å²) in [6.45, 7) is 4.86. The molecule has 1 aromatic carbocycles. The van der Waals surface area contributed by atoms with Gasteiger partial charge in [0.15, 0.2) is 0 Å². The fraction of sp³-hybridized carbons (Fsp3) is 0.455. The van der Waals surface area contributed by atoms with Crippen LogP contribution in [0.4, 0.5) is 11.6 Å². The van der Waals surface area contributed by atoms with E-state index in [1.165, 1.54) is 16.0 Å². The molecule has 2 aromatic rings. The lowest BCUT2D eigenvalue weighted by atomic mass is 9.95. The Labute approximate surface area is 172 Å². The molecule has 5 N–H and O–H groups in total. The number of benzene rings is 1. The standard InChI is InChI=1S/C22H29N5O2/c1-29-13-10-25-22-20-16-27(15-17-6-3-2-4-7-17)11-8-18(20)19(14-23)21(26-22)24-9-5-12-28/h2-4,6-7,28H,5,8-13,15-16H2,1H3,(H2,24,25,26)/p+2. The van der Waals surface area contributed by atoms with Crippen LogP contribution in [0.3, 0.4) is 0 Å². The molecule has 7 heteroatoms. The SMILES string of the molecule is COCCNc1[nH+]c(NCCCO)c(C#N)c2c1C[NH+](Cc1ccccc1)CC2. The molecule has 2 heterocycles. The Kier molecular flexibility index (Phi) is 7.82. The van der Waals surface area contributed by atoms with Crippen molar-refractivity contribution < 1.29 is 19.7 Å². The van der Waals surface area contributed by atoms with E-state index in [-0.39, 0.29) is 6.61 Å². The number of fused-ring (bicyclic) bond motifs is 1. The molecule has 0 bridgehead atoms. The maximum atomic E-state index is 9.83. The van der Waals surface area contributed by atoms with E-state index in [0.29, 0.717) is 31.7 Å². The molecule has 1 atom stereocenters. The Morgan fingerprint density at radius 3 is 2.69 bits per heavy atom. The van der Waals surface area contributed by atoms with Gasteiger partial charge in [0, 0.05) is 32.1 Å². The minimum absolute atomic E-state index is 0.122. The number of aromatic nitrogens is 1. The van der Waals surface area contributed by atoms with Gasteiger partial charge in [-0.15, -0.1) is 0 Å². The molecule has 0 spiro atoms. The molecule has 0 saturated carbocycles. The number of nitrogens with one attached hydrogen (secondary N) is 4. The molecule has 29 heavy (non-hydrogen) atoms. The maximum absolute atomic E-state index is 9.83. The fourth-order valence-corrected chi connectivity index (χ4v) is 3.84. The van der Waals surface area contributed by atoms with Crippen molar-refractivity contribution in [2.24, 2.45) is 0 Å². The topological polar surface area (TPSA) is 95.9 Å². The predicted octanol–water partition coefficient (Wildman–Crippen LogP) is 0.366. The highest BCUT2D eigenvalue weighted by molar-refractivity contribution is 5.60. The van der Waals surface area contributed by atoms with Crippen molar-refractivity contribution >= 4 is 11.6 Å². The lowest BCUT2D eigenvalue weighted by molar-refractivity contribution is -0.929. The van der Waals surface area contributed by atoms with Gasteiger partial charge in [-0.3, -0.25) is 0 Å². The first-order valence-corrected chi connectivity index (χ1v) is 10.2. The normalized spacial score (nSPS) is 15.4.